The molecule has 2 aromatic rings. The molecule has 0 aliphatic rings. The fraction of sp³-hybridized carbons (Fsp3) is 0.143. The monoisotopic (exact) mass is 208 g/mol. The maximum atomic E-state index is 11.4. The summed E-state index contributed by atoms with van der Waals surface area (Å²) in [6, 6.07) is 0. The average Bonchev–Trinajstić information content (AvgIpc) is 2.77. The minimum Gasteiger partial charge on any atom is -0.367 e. The van der Waals surface area contributed by atoms with Crippen LogP contribution in [0.15, 0.2) is 23.3 Å². The van der Waals surface area contributed by atoms with E-state index in [0.29, 0.717) is 5.69 Å². The molecule has 0 atom stereocenters. The van der Waals surface area contributed by atoms with E-state index in [4.69, 9.17) is 5.73 Å². The maximum absolute atomic E-state index is 11.4. The van der Waals surface area contributed by atoms with Gasteiger partial charge in [-0.05, 0) is 0 Å². The molecule has 2 heterocycles. The molecule has 0 aliphatic heterocycles. The highest BCUT2D eigenvalue weighted by atomic mass is 16.5. The van der Waals surface area contributed by atoms with Crippen molar-refractivity contribution in [3.8, 4) is 0 Å². The first kappa shape index (κ1) is 9.19. The lowest BCUT2D eigenvalue weighted by molar-refractivity contribution is -0.116. The number of nitrogens with zero attached hydrogens (tertiary/aromatic N) is 4. The Morgan fingerprint density at radius 1 is 1.67 bits per heavy atom. The fourth-order valence-corrected chi connectivity index (χ4v) is 0.999. The number of carbonyl (C=O) groups excluding carboxylic acids is 1. The van der Waals surface area contributed by atoms with Gasteiger partial charge in [0.15, 0.2) is 0 Å². The largest absolute Gasteiger partial charge is 0.367 e. The van der Waals surface area contributed by atoms with Crippen molar-refractivity contribution in [1.82, 2.24) is 19.9 Å². The molecular weight excluding hydrogens is 200 g/mol. The van der Waals surface area contributed by atoms with Gasteiger partial charge in [-0.25, -0.2) is 9.67 Å². The van der Waals surface area contributed by atoms with Gasteiger partial charge in [0.2, 0.25) is 11.9 Å². The van der Waals surface area contributed by atoms with Gasteiger partial charge < -0.3 is 15.6 Å². The van der Waals surface area contributed by atoms with Crippen LogP contribution in [0, 0.1) is 0 Å². The van der Waals surface area contributed by atoms with Crippen molar-refractivity contribution >= 4 is 17.5 Å². The first-order chi connectivity index (χ1) is 7.24. The average molecular weight is 208 g/mol. The van der Waals surface area contributed by atoms with Gasteiger partial charge in [-0.1, -0.05) is 5.16 Å². The number of aromatic nitrogens is 4. The number of anilines is 2. The van der Waals surface area contributed by atoms with Crippen LogP contribution in [0.4, 0.5) is 11.6 Å². The van der Waals surface area contributed by atoms with E-state index >= 15 is 0 Å². The van der Waals surface area contributed by atoms with Crippen LogP contribution in [-0.2, 0) is 11.3 Å². The predicted molar refractivity (Wildman–Crippen MR) is 49.6 cm³/mol. The SMILES string of the molecule is Nc1ncn(CC(=O)Nc2cnoc2)n1. The molecule has 0 fully saturated rings. The van der Waals surface area contributed by atoms with Gasteiger partial charge in [0.1, 0.15) is 24.8 Å². The van der Waals surface area contributed by atoms with E-state index in [1.54, 1.807) is 0 Å². The second kappa shape index (κ2) is 3.78. The minimum absolute atomic E-state index is 0.0371. The Kier molecular flexibility index (Phi) is 2.31. The van der Waals surface area contributed by atoms with Crippen LogP contribution in [0.2, 0.25) is 0 Å². The molecule has 0 bridgehead atoms. The molecule has 1 amide bonds. The molecule has 0 aliphatic carbocycles. The Balaban J connectivity index is 1.93. The highest BCUT2D eigenvalue weighted by Crippen LogP contribution is 2.03. The topological polar surface area (TPSA) is 112 Å². The number of nitrogens with two attached hydrogens (primary N) is 1. The summed E-state index contributed by atoms with van der Waals surface area (Å²) in [5.74, 6) is -0.129. The van der Waals surface area contributed by atoms with Crippen molar-refractivity contribution in [2.45, 2.75) is 6.54 Å². The van der Waals surface area contributed by atoms with Gasteiger partial charge in [-0.15, -0.1) is 5.10 Å². The Morgan fingerprint density at radius 2 is 2.53 bits per heavy atom. The van der Waals surface area contributed by atoms with Crippen LogP contribution in [0.5, 0.6) is 0 Å². The van der Waals surface area contributed by atoms with Crippen LogP contribution in [0.1, 0.15) is 0 Å². The second-order valence-corrected chi connectivity index (χ2v) is 2.76. The summed E-state index contributed by atoms with van der Waals surface area (Å²) in [5.41, 5.74) is 5.78. The van der Waals surface area contributed by atoms with E-state index in [0.717, 1.165) is 0 Å². The lowest BCUT2D eigenvalue weighted by Crippen LogP contribution is -2.18. The number of hydrogen-bond acceptors (Lipinski definition) is 6. The Morgan fingerprint density at radius 3 is 3.13 bits per heavy atom. The van der Waals surface area contributed by atoms with Gasteiger partial charge in [-0.3, -0.25) is 4.79 Å². The quantitative estimate of drug-likeness (QED) is 0.702. The molecule has 2 rings (SSSR count). The zero-order chi connectivity index (χ0) is 10.7. The molecule has 0 unspecified atom stereocenters. The summed E-state index contributed by atoms with van der Waals surface area (Å²) in [4.78, 5) is 15.1. The summed E-state index contributed by atoms with van der Waals surface area (Å²) in [6.45, 7) is 0.0371. The van der Waals surface area contributed by atoms with E-state index in [1.807, 2.05) is 0 Å². The summed E-state index contributed by atoms with van der Waals surface area (Å²) < 4.78 is 5.88. The number of amides is 1. The molecule has 8 nitrogen and oxygen atoms in total. The van der Waals surface area contributed by atoms with Crippen molar-refractivity contribution in [2.24, 2.45) is 0 Å². The number of carbonyl (C=O) groups is 1. The normalized spacial score (nSPS) is 10.1. The van der Waals surface area contributed by atoms with Crippen LogP contribution in [-0.4, -0.2) is 25.8 Å². The van der Waals surface area contributed by atoms with Crippen molar-refractivity contribution in [2.75, 3.05) is 11.1 Å². The zero-order valence-electron chi connectivity index (χ0n) is 7.62. The molecule has 0 saturated heterocycles. The second-order valence-electron chi connectivity index (χ2n) is 2.76. The van der Waals surface area contributed by atoms with Crippen molar-refractivity contribution in [3.05, 3.63) is 18.8 Å². The van der Waals surface area contributed by atoms with E-state index < -0.39 is 0 Å². The minimum atomic E-state index is -0.261. The van der Waals surface area contributed by atoms with Gasteiger partial charge in [-0.2, -0.15) is 0 Å². The number of nitrogen functional groups attached to an aromatic ring is 1. The van der Waals surface area contributed by atoms with Gasteiger partial charge in [0, 0.05) is 0 Å². The lowest BCUT2D eigenvalue weighted by Gasteiger charge is -2.00. The summed E-state index contributed by atoms with van der Waals surface area (Å²) in [7, 11) is 0. The Hall–Kier alpha value is -2.38. The van der Waals surface area contributed by atoms with Gasteiger partial charge in [0.25, 0.3) is 0 Å². The van der Waals surface area contributed by atoms with Crippen molar-refractivity contribution < 1.29 is 9.32 Å². The molecule has 15 heavy (non-hydrogen) atoms. The number of nitrogens with one attached hydrogen (secondary N) is 1. The standard InChI is InChI=1S/C7H8N6O2/c8-7-9-4-13(12-7)2-6(14)11-5-1-10-15-3-5/h1,3-4H,2H2,(H2,8,12)(H,11,14). The summed E-state index contributed by atoms with van der Waals surface area (Å²) in [5, 5.41) is 9.76. The molecule has 0 aromatic carbocycles. The van der Waals surface area contributed by atoms with E-state index in [2.05, 4.69) is 25.1 Å². The lowest BCUT2D eigenvalue weighted by atomic mass is 10.5. The molecule has 0 spiro atoms. The molecule has 8 heteroatoms. The Labute approximate surface area is 84.1 Å². The van der Waals surface area contributed by atoms with E-state index in [1.165, 1.54) is 23.5 Å². The molecule has 0 saturated carbocycles. The third kappa shape index (κ3) is 2.30. The third-order valence-corrected chi connectivity index (χ3v) is 1.58. The summed E-state index contributed by atoms with van der Waals surface area (Å²) >= 11 is 0. The smallest absolute Gasteiger partial charge is 0.246 e. The first-order valence-corrected chi connectivity index (χ1v) is 4.08. The highest BCUT2D eigenvalue weighted by molar-refractivity contribution is 5.90. The molecule has 3 N–H and O–H groups in total. The zero-order valence-corrected chi connectivity index (χ0v) is 7.62. The Bertz CT molecular complexity index is 448. The maximum Gasteiger partial charge on any atom is 0.246 e. The van der Waals surface area contributed by atoms with Gasteiger partial charge >= 0.3 is 0 Å². The molecular formula is C7H8N6O2. The van der Waals surface area contributed by atoms with Crippen molar-refractivity contribution in [3.63, 3.8) is 0 Å². The fourth-order valence-electron chi connectivity index (χ4n) is 0.999. The molecule has 0 radical (unpaired) electrons. The van der Waals surface area contributed by atoms with E-state index in [9.17, 15) is 4.79 Å². The van der Waals surface area contributed by atoms with Crippen LogP contribution in [0.3, 0.4) is 0 Å². The highest BCUT2D eigenvalue weighted by Gasteiger charge is 2.05. The molecule has 78 valence electrons. The number of hydrogen-bond donors (Lipinski definition) is 2. The van der Waals surface area contributed by atoms with Crippen LogP contribution >= 0.6 is 0 Å². The van der Waals surface area contributed by atoms with Crippen LogP contribution < -0.4 is 11.1 Å². The van der Waals surface area contributed by atoms with Crippen LogP contribution in [0.25, 0.3) is 0 Å². The molecule has 2 aromatic heterocycles. The number of rotatable bonds is 3. The first-order valence-electron chi connectivity index (χ1n) is 4.08. The summed E-state index contributed by atoms with van der Waals surface area (Å²) in [6.07, 6.45) is 4.10. The third-order valence-electron chi connectivity index (χ3n) is 1.58. The predicted octanol–water partition coefficient (Wildman–Crippen LogP) is -0.513. The van der Waals surface area contributed by atoms with Crippen molar-refractivity contribution in [1.29, 1.82) is 0 Å². The van der Waals surface area contributed by atoms with E-state index in [-0.39, 0.29) is 18.4 Å². The van der Waals surface area contributed by atoms with Gasteiger partial charge in [0.05, 0.1) is 6.20 Å².